The molecule has 2 atom stereocenters. The van der Waals surface area contributed by atoms with Gasteiger partial charge < -0.3 is 14.4 Å². The number of hydrogen-bond acceptors (Lipinski definition) is 6. The number of halogens is 4. The van der Waals surface area contributed by atoms with Crippen LogP contribution in [0.15, 0.2) is 41.1 Å². The number of nitro groups is 1. The lowest BCUT2D eigenvalue weighted by Gasteiger charge is -2.26. The zero-order valence-electron chi connectivity index (χ0n) is 14.5. The van der Waals surface area contributed by atoms with Crippen molar-refractivity contribution in [2.75, 3.05) is 18.1 Å². The molecule has 0 amide bonds. The second-order valence-electron chi connectivity index (χ2n) is 6.16. The van der Waals surface area contributed by atoms with E-state index in [0.717, 1.165) is 4.90 Å². The lowest BCUT2D eigenvalue weighted by Crippen LogP contribution is -2.42. The van der Waals surface area contributed by atoms with Crippen molar-refractivity contribution in [3.05, 3.63) is 56.8 Å². The lowest BCUT2D eigenvalue weighted by atomic mass is 10.1. The van der Waals surface area contributed by atoms with Gasteiger partial charge >= 0.3 is 6.18 Å². The van der Waals surface area contributed by atoms with E-state index in [9.17, 15) is 23.3 Å². The van der Waals surface area contributed by atoms with Crippen molar-refractivity contribution in [3.63, 3.8) is 0 Å². The molecular formula is C17H15BrF3N3O4. The Morgan fingerprint density at radius 3 is 2.71 bits per heavy atom. The summed E-state index contributed by atoms with van der Waals surface area (Å²) in [4.78, 5) is 15.4. The Balaban J connectivity index is 1.76. The van der Waals surface area contributed by atoms with Gasteiger partial charge in [-0.3, -0.25) is 10.1 Å². The molecule has 0 unspecified atom stereocenters. The smallest absolute Gasteiger partial charge is 0.433 e. The molecule has 0 radical (unpaired) electrons. The summed E-state index contributed by atoms with van der Waals surface area (Å²) >= 11 is 3.18. The van der Waals surface area contributed by atoms with Gasteiger partial charge in [0.05, 0.1) is 17.7 Å². The van der Waals surface area contributed by atoms with Crippen molar-refractivity contribution < 1.29 is 27.6 Å². The molecule has 2 aromatic rings. The first kappa shape index (κ1) is 20.3. The van der Waals surface area contributed by atoms with Gasteiger partial charge in [-0.2, -0.15) is 13.2 Å². The first-order valence-electron chi connectivity index (χ1n) is 8.13. The molecule has 3 rings (SSSR count). The zero-order chi connectivity index (χ0) is 20.5. The average molecular weight is 462 g/mol. The quantitative estimate of drug-likeness (QED) is 0.376. The van der Waals surface area contributed by atoms with Gasteiger partial charge in [-0.1, -0.05) is 0 Å². The Labute approximate surface area is 166 Å². The lowest BCUT2D eigenvalue weighted by molar-refractivity contribution is -0.385. The summed E-state index contributed by atoms with van der Waals surface area (Å²) in [6, 6.07) is 7.10. The number of nitro benzene ring substituents is 1. The molecule has 2 heterocycles. The molecule has 0 bridgehead atoms. The van der Waals surface area contributed by atoms with Gasteiger partial charge in [-0.25, -0.2) is 4.98 Å². The number of hydrogen-bond donors (Lipinski definition) is 0. The monoisotopic (exact) mass is 461 g/mol. The van der Waals surface area contributed by atoms with E-state index in [1.165, 1.54) is 31.3 Å². The topological polar surface area (TPSA) is 77.7 Å². The van der Waals surface area contributed by atoms with Crippen molar-refractivity contribution in [2.45, 2.75) is 25.4 Å². The number of pyridine rings is 1. The molecule has 150 valence electrons. The highest BCUT2D eigenvalue weighted by Crippen LogP contribution is 2.36. The van der Waals surface area contributed by atoms with Gasteiger partial charge in [0.25, 0.3) is 5.69 Å². The van der Waals surface area contributed by atoms with Gasteiger partial charge in [0.2, 0.25) is 6.23 Å². The molecule has 1 aromatic carbocycles. The molecule has 1 aliphatic rings. The van der Waals surface area contributed by atoms with Crippen LogP contribution in [-0.2, 0) is 4.74 Å². The predicted molar refractivity (Wildman–Crippen MR) is 97.3 cm³/mol. The van der Waals surface area contributed by atoms with E-state index in [0.29, 0.717) is 10.4 Å². The first-order chi connectivity index (χ1) is 13.1. The van der Waals surface area contributed by atoms with Gasteiger partial charge in [0.15, 0.2) is 0 Å². The molecular weight excluding hydrogens is 447 g/mol. The van der Waals surface area contributed by atoms with E-state index in [4.69, 9.17) is 9.47 Å². The highest BCUT2D eigenvalue weighted by atomic mass is 79.9. The predicted octanol–water partition coefficient (Wildman–Crippen LogP) is 4.23. The second-order valence-corrected chi connectivity index (χ2v) is 6.97. The largest absolute Gasteiger partial charge is 0.489 e. The number of ether oxygens (including phenoxy) is 2. The van der Waals surface area contributed by atoms with Crippen molar-refractivity contribution in [1.29, 1.82) is 0 Å². The fraction of sp³-hybridized carbons (Fsp3) is 0.353. The van der Waals surface area contributed by atoms with Crippen LogP contribution in [0.25, 0.3) is 0 Å². The number of nitrogens with zero attached hydrogens (tertiary/aromatic N) is 3. The molecule has 11 heteroatoms. The summed E-state index contributed by atoms with van der Waals surface area (Å²) in [5.41, 5.74) is 0.303. The van der Waals surface area contributed by atoms with Crippen LogP contribution >= 0.6 is 15.9 Å². The number of aryl methyl sites for hydroxylation is 1. The van der Waals surface area contributed by atoms with Crippen molar-refractivity contribution in [2.24, 2.45) is 0 Å². The minimum Gasteiger partial charge on any atom is -0.489 e. The number of rotatable bonds is 5. The Bertz CT molecular complexity index is 864. The van der Waals surface area contributed by atoms with E-state index in [2.05, 4.69) is 20.9 Å². The highest BCUT2D eigenvalue weighted by Gasteiger charge is 2.51. The van der Waals surface area contributed by atoms with Crippen LogP contribution in [-0.4, -0.2) is 41.6 Å². The maximum absolute atomic E-state index is 13.5. The fourth-order valence-electron chi connectivity index (χ4n) is 2.86. The van der Waals surface area contributed by atoms with E-state index < -0.39 is 23.4 Å². The standard InChI is InChI=1S/C17H15BrF3N3O4/c1-10-6-11(2-4-14(10)24(25)26)23-8-13(28-16(23)17(19,20)21)9-27-12-3-5-15(18)22-7-12/h2-7,13,16H,8-9H2,1H3/t13-,16+/m0/s1. The van der Waals surface area contributed by atoms with E-state index in [-0.39, 0.29) is 30.1 Å². The summed E-state index contributed by atoms with van der Waals surface area (Å²) in [5, 5.41) is 10.9. The molecule has 28 heavy (non-hydrogen) atoms. The molecule has 0 saturated carbocycles. The Morgan fingerprint density at radius 1 is 1.39 bits per heavy atom. The van der Waals surface area contributed by atoms with Crippen LogP contribution in [0.2, 0.25) is 0 Å². The third-order valence-electron chi connectivity index (χ3n) is 4.13. The number of benzene rings is 1. The normalized spacial score (nSPS) is 19.7. The molecule has 1 aliphatic heterocycles. The van der Waals surface area contributed by atoms with Crippen LogP contribution < -0.4 is 9.64 Å². The second kappa shape index (κ2) is 7.92. The van der Waals surface area contributed by atoms with Gasteiger partial charge in [0.1, 0.15) is 23.1 Å². The minimum atomic E-state index is -4.64. The molecule has 0 aliphatic carbocycles. The van der Waals surface area contributed by atoms with Gasteiger partial charge in [0, 0.05) is 17.3 Å². The van der Waals surface area contributed by atoms with Crippen LogP contribution in [0.4, 0.5) is 24.5 Å². The maximum atomic E-state index is 13.5. The van der Waals surface area contributed by atoms with Crippen LogP contribution in [0.1, 0.15) is 5.56 Å². The van der Waals surface area contributed by atoms with Crippen LogP contribution in [0.3, 0.4) is 0 Å². The first-order valence-corrected chi connectivity index (χ1v) is 8.92. The summed E-state index contributed by atoms with van der Waals surface area (Å²) < 4.78 is 51.6. The van der Waals surface area contributed by atoms with Gasteiger partial charge in [-0.05, 0) is 47.1 Å². The third-order valence-corrected chi connectivity index (χ3v) is 4.60. The summed E-state index contributed by atoms with van der Waals surface area (Å²) in [6.07, 6.45) is -6.20. The number of alkyl halides is 3. The minimum absolute atomic E-state index is 0.0780. The molecule has 1 fully saturated rings. The van der Waals surface area contributed by atoms with E-state index in [1.54, 1.807) is 12.1 Å². The van der Waals surface area contributed by atoms with Crippen molar-refractivity contribution in [1.82, 2.24) is 4.98 Å². The molecule has 1 aromatic heterocycles. The summed E-state index contributed by atoms with van der Waals surface area (Å²) in [5.74, 6) is 0.403. The highest BCUT2D eigenvalue weighted by molar-refractivity contribution is 9.10. The SMILES string of the molecule is Cc1cc(N2C[C@@H](COc3ccc(Br)nc3)O[C@@H]2C(F)(F)F)ccc1[N+](=O)[O-]. The Hall–Kier alpha value is -2.40. The molecule has 0 spiro atoms. The molecule has 0 N–H and O–H groups in total. The van der Waals surface area contributed by atoms with Crippen LogP contribution in [0, 0.1) is 17.0 Å². The Kier molecular flexibility index (Phi) is 5.75. The third kappa shape index (κ3) is 4.53. The maximum Gasteiger partial charge on any atom is 0.433 e. The number of aromatic nitrogens is 1. The molecule has 1 saturated heterocycles. The Morgan fingerprint density at radius 2 is 2.14 bits per heavy atom. The summed E-state index contributed by atoms with van der Waals surface area (Å²) in [7, 11) is 0. The zero-order valence-corrected chi connectivity index (χ0v) is 16.1. The molecule has 7 nitrogen and oxygen atoms in total. The van der Waals surface area contributed by atoms with Crippen molar-refractivity contribution >= 4 is 27.3 Å². The van der Waals surface area contributed by atoms with Gasteiger partial charge in [-0.15, -0.1) is 0 Å². The van der Waals surface area contributed by atoms with Crippen LogP contribution in [0.5, 0.6) is 5.75 Å². The number of anilines is 1. The summed E-state index contributed by atoms with van der Waals surface area (Å²) in [6.45, 7) is 1.30. The van der Waals surface area contributed by atoms with E-state index >= 15 is 0 Å². The van der Waals surface area contributed by atoms with E-state index in [1.807, 2.05) is 0 Å². The van der Waals surface area contributed by atoms with Crippen molar-refractivity contribution in [3.8, 4) is 5.75 Å². The average Bonchev–Trinajstić information content (AvgIpc) is 3.05. The fourth-order valence-corrected chi connectivity index (χ4v) is 3.10.